The van der Waals surface area contributed by atoms with Gasteiger partial charge in [0.05, 0.1) is 11.1 Å². The summed E-state index contributed by atoms with van der Waals surface area (Å²) in [5, 5.41) is 20.4. The highest BCUT2D eigenvalue weighted by Gasteiger charge is 2.15. The van der Waals surface area contributed by atoms with Crippen LogP contribution in [0.1, 0.15) is 21.5 Å². The topological polar surface area (TPSA) is 70.4 Å². The van der Waals surface area contributed by atoms with Gasteiger partial charge >= 0.3 is 0 Å². The summed E-state index contributed by atoms with van der Waals surface area (Å²) in [5.74, 6) is -0.444. The molecule has 2 N–H and O–H groups in total. The van der Waals surface area contributed by atoms with Crippen LogP contribution in [0.5, 0.6) is 11.5 Å². The Hall–Kier alpha value is -2.88. The Kier molecular flexibility index (Phi) is 3.51. The van der Waals surface area contributed by atoms with Crippen molar-refractivity contribution in [3.05, 3.63) is 65.4 Å². The average Bonchev–Trinajstić information content (AvgIpc) is 2.51. The van der Waals surface area contributed by atoms with Crippen molar-refractivity contribution >= 4 is 16.7 Å². The van der Waals surface area contributed by atoms with Gasteiger partial charge in [0.15, 0.2) is 5.78 Å². The van der Waals surface area contributed by atoms with Crippen LogP contribution < -0.4 is 0 Å². The van der Waals surface area contributed by atoms with Crippen molar-refractivity contribution in [2.45, 2.75) is 13.3 Å². The Morgan fingerprint density at radius 1 is 1.09 bits per heavy atom. The van der Waals surface area contributed by atoms with Gasteiger partial charge in [0.1, 0.15) is 11.5 Å². The number of nitrogens with zero attached hydrogens (tertiary/aromatic N) is 1. The lowest BCUT2D eigenvalue weighted by atomic mass is 9.98. The van der Waals surface area contributed by atoms with Gasteiger partial charge in [-0.15, -0.1) is 0 Å². The summed E-state index contributed by atoms with van der Waals surface area (Å²) in [7, 11) is 0. The number of hydrogen-bond donors (Lipinski definition) is 2. The van der Waals surface area contributed by atoms with Crippen LogP contribution in [-0.4, -0.2) is 21.0 Å². The van der Waals surface area contributed by atoms with Crippen LogP contribution in [0, 0.1) is 6.92 Å². The molecule has 0 aliphatic heterocycles. The molecule has 0 amide bonds. The number of aryl methyl sites for hydroxylation is 1. The van der Waals surface area contributed by atoms with Gasteiger partial charge in [-0.25, -0.2) is 0 Å². The van der Waals surface area contributed by atoms with Crippen LogP contribution in [0.25, 0.3) is 10.9 Å². The fraction of sp³-hybridized carbons (Fsp3) is 0.111. The molecule has 0 aliphatic rings. The Labute approximate surface area is 127 Å². The number of ketones is 1. The third-order valence-electron chi connectivity index (χ3n) is 3.68. The molecule has 110 valence electrons. The second-order valence-corrected chi connectivity index (χ2v) is 5.25. The van der Waals surface area contributed by atoms with Crippen LogP contribution in [0.15, 0.2) is 48.7 Å². The molecule has 0 unspecified atom stereocenters. The van der Waals surface area contributed by atoms with E-state index in [2.05, 4.69) is 4.98 Å². The molecule has 0 radical (unpaired) electrons. The number of hydrogen-bond acceptors (Lipinski definition) is 4. The third kappa shape index (κ3) is 2.51. The highest BCUT2D eigenvalue weighted by atomic mass is 16.3. The zero-order chi connectivity index (χ0) is 15.7. The average molecular weight is 293 g/mol. The quantitative estimate of drug-likeness (QED) is 0.726. The van der Waals surface area contributed by atoms with E-state index < -0.39 is 0 Å². The Morgan fingerprint density at radius 3 is 2.68 bits per heavy atom. The Morgan fingerprint density at radius 2 is 1.86 bits per heavy atom. The van der Waals surface area contributed by atoms with E-state index in [1.165, 1.54) is 12.1 Å². The van der Waals surface area contributed by atoms with Crippen molar-refractivity contribution in [1.29, 1.82) is 0 Å². The molecule has 3 rings (SSSR count). The number of phenols is 2. The molecule has 22 heavy (non-hydrogen) atoms. The molecular weight excluding hydrogens is 278 g/mol. The summed E-state index contributed by atoms with van der Waals surface area (Å²) in [4.78, 5) is 16.8. The van der Waals surface area contributed by atoms with E-state index in [0.717, 1.165) is 16.5 Å². The first-order chi connectivity index (χ1) is 10.6. The van der Waals surface area contributed by atoms with Crippen molar-refractivity contribution in [2.75, 3.05) is 0 Å². The number of pyridine rings is 1. The summed E-state index contributed by atoms with van der Waals surface area (Å²) in [6.07, 6.45) is 1.84. The van der Waals surface area contributed by atoms with E-state index in [1.807, 2.05) is 30.3 Å². The molecule has 2 aromatic carbocycles. The normalized spacial score (nSPS) is 10.8. The number of fused-ring (bicyclic) bond motifs is 1. The van der Waals surface area contributed by atoms with E-state index in [1.54, 1.807) is 13.1 Å². The molecule has 4 nitrogen and oxygen atoms in total. The van der Waals surface area contributed by atoms with Gasteiger partial charge in [-0.1, -0.05) is 24.3 Å². The highest BCUT2D eigenvalue weighted by molar-refractivity contribution is 6.01. The summed E-state index contributed by atoms with van der Waals surface area (Å²) in [6.45, 7) is 1.69. The zero-order valence-corrected chi connectivity index (χ0v) is 12.1. The van der Waals surface area contributed by atoms with Gasteiger partial charge < -0.3 is 10.2 Å². The first kappa shape index (κ1) is 14.1. The van der Waals surface area contributed by atoms with Crippen molar-refractivity contribution in [2.24, 2.45) is 0 Å². The number of aromatic hydroxyl groups is 2. The monoisotopic (exact) mass is 293 g/mol. The summed E-state index contributed by atoms with van der Waals surface area (Å²) >= 11 is 0. The van der Waals surface area contributed by atoms with Gasteiger partial charge in [-0.2, -0.15) is 0 Å². The second-order valence-electron chi connectivity index (χ2n) is 5.25. The van der Waals surface area contributed by atoms with E-state index in [9.17, 15) is 15.0 Å². The number of aromatic nitrogens is 1. The van der Waals surface area contributed by atoms with Gasteiger partial charge in [0.25, 0.3) is 0 Å². The molecule has 1 heterocycles. The highest BCUT2D eigenvalue weighted by Crippen LogP contribution is 2.28. The standard InChI is InChI=1S/C18H15NO3/c1-11-8-14(17(22)10-15(11)20)16(21)9-13-5-2-4-12-6-3-7-19-18(12)13/h2-8,10,20,22H,9H2,1H3. The minimum absolute atomic E-state index is 0.0270. The van der Waals surface area contributed by atoms with Crippen molar-refractivity contribution < 1.29 is 15.0 Å². The van der Waals surface area contributed by atoms with Gasteiger partial charge in [0.2, 0.25) is 0 Å². The number of rotatable bonds is 3. The lowest BCUT2D eigenvalue weighted by molar-refractivity contribution is 0.0990. The Bertz CT molecular complexity index is 866. The SMILES string of the molecule is Cc1cc(C(=O)Cc2cccc3cccnc23)c(O)cc1O. The molecule has 1 aromatic heterocycles. The molecular formula is C18H15NO3. The number of phenolic OH excluding ortho intramolecular Hbond substituents is 2. The van der Waals surface area contributed by atoms with E-state index >= 15 is 0 Å². The Balaban J connectivity index is 1.99. The molecule has 0 bridgehead atoms. The molecule has 0 saturated heterocycles. The minimum Gasteiger partial charge on any atom is -0.508 e. The van der Waals surface area contributed by atoms with Gasteiger partial charge in [-0.3, -0.25) is 9.78 Å². The van der Waals surface area contributed by atoms with Crippen molar-refractivity contribution in [3.8, 4) is 11.5 Å². The maximum absolute atomic E-state index is 12.5. The van der Waals surface area contributed by atoms with Crippen LogP contribution in [0.2, 0.25) is 0 Å². The second kappa shape index (κ2) is 5.48. The maximum atomic E-state index is 12.5. The minimum atomic E-state index is -0.209. The van der Waals surface area contributed by atoms with Crippen LogP contribution in [0.4, 0.5) is 0 Å². The first-order valence-corrected chi connectivity index (χ1v) is 6.94. The lowest BCUT2D eigenvalue weighted by Gasteiger charge is -2.08. The van der Waals surface area contributed by atoms with E-state index in [4.69, 9.17) is 0 Å². The number of Topliss-reactive ketones (excluding diaryl/α,β-unsaturated/α-hetero) is 1. The number of para-hydroxylation sites is 1. The predicted octanol–water partition coefficient (Wildman–Crippen LogP) is 3.38. The maximum Gasteiger partial charge on any atom is 0.171 e. The largest absolute Gasteiger partial charge is 0.508 e. The predicted molar refractivity (Wildman–Crippen MR) is 84.3 cm³/mol. The van der Waals surface area contributed by atoms with Crippen molar-refractivity contribution in [1.82, 2.24) is 4.98 Å². The van der Waals surface area contributed by atoms with E-state index in [0.29, 0.717) is 5.56 Å². The summed E-state index contributed by atoms with van der Waals surface area (Å²) < 4.78 is 0. The van der Waals surface area contributed by atoms with E-state index in [-0.39, 0.29) is 29.3 Å². The van der Waals surface area contributed by atoms with Crippen LogP contribution >= 0.6 is 0 Å². The number of carbonyl (C=O) groups is 1. The molecule has 0 saturated carbocycles. The van der Waals surface area contributed by atoms with Gasteiger partial charge in [-0.05, 0) is 30.2 Å². The van der Waals surface area contributed by atoms with Crippen LogP contribution in [-0.2, 0) is 6.42 Å². The fourth-order valence-corrected chi connectivity index (χ4v) is 2.49. The third-order valence-corrected chi connectivity index (χ3v) is 3.68. The van der Waals surface area contributed by atoms with Crippen LogP contribution in [0.3, 0.4) is 0 Å². The number of benzene rings is 2. The molecule has 0 fully saturated rings. The molecule has 0 atom stereocenters. The molecule has 0 spiro atoms. The summed E-state index contributed by atoms with van der Waals surface area (Å²) in [5.41, 5.74) is 2.36. The summed E-state index contributed by atoms with van der Waals surface area (Å²) in [6, 6.07) is 12.2. The fourth-order valence-electron chi connectivity index (χ4n) is 2.49. The van der Waals surface area contributed by atoms with Gasteiger partial charge in [0, 0.05) is 24.1 Å². The number of carbonyl (C=O) groups excluding carboxylic acids is 1. The molecule has 3 aromatic rings. The smallest absolute Gasteiger partial charge is 0.171 e. The zero-order valence-electron chi connectivity index (χ0n) is 12.1. The molecule has 4 heteroatoms. The lowest BCUT2D eigenvalue weighted by Crippen LogP contribution is -2.05. The molecule has 0 aliphatic carbocycles. The van der Waals surface area contributed by atoms with Crippen molar-refractivity contribution in [3.63, 3.8) is 0 Å². The first-order valence-electron chi connectivity index (χ1n) is 6.94.